The number of hydrogen-bond acceptors (Lipinski definition) is 3. The van der Waals surface area contributed by atoms with E-state index in [1.165, 1.54) is 13.2 Å². The lowest BCUT2D eigenvalue weighted by Gasteiger charge is -2.05. The Kier molecular flexibility index (Phi) is 4.51. The molecule has 1 N–H and O–H groups in total. The zero-order chi connectivity index (χ0) is 12.0. The van der Waals surface area contributed by atoms with Gasteiger partial charge in [-0.05, 0) is 12.0 Å². The molecule has 86 valence electrons. The SMILES string of the molecule is COC(=O)C1=C/CNC(=O)/C=C\C(C)/C=C\1. The maximum atomic E-state index is 11.3. The summed E-state index contributed by atoms with van der Waals surface area (Å²) in [6.45, 7) is 2.24. The maximum absolute atomic E-state index is 11.3. The highest BCUT2D eigenvalue weighted by molar-refractivity contribution is 5.92. The molecule has 1 aliphatic rings. The lowest BCUT2D eigenvalue weighted by Crippen LogP contribution is -2.22. The molecule has 4 heteroatoms. The van der Waals surface area contributed by atoms with Crippen LogP contribution in [-0.2, 0) is 14.3 Å². The predicted octanol–water partition coefficient (Wildman–Crippen LogP) is 0.964. The molecule has 0 aromatic heterocycles. The van der Waals surface area contributed by atoms with Crippen LogP contribution >= 0.6 is 0 Å². The highest BCUT2D eigenvalue weighted by Crippen LogP contribution is 2.06. The third-order valence-corrected chi connectivity index (χ3v) is 2.15. The zero-order valence-electron chi connectivity index (χ0n) is 9.40. The van der Waals surface area contributed by atoms with E-state index in [1.807, 2.05) is 13.0 Å². The Bertz CT molecular complexity index is 366. The average molecular weight is 221 g/mol. The van der Waals surface area contributed by atoms with Crippen LogP contribution in [0, 0.1) is 5.92 Å². The molecule has 0 spiro atoms. The average Bonchev–Trinajstić information content (AvgIpc) is 2.29. The summed E-state index contributed by atoms with van der Waals surface area (Å²) in [7, 11) is 1.33. The second-order valence-electron chi connectivity index (χ2n) is 3.47. The second-order valence-corrected chi connectivity index (χ2v) is 3.47. The van der Waals surface area contributed by atoms with Gasteiger partial charge in [0.1, 0.15) is 0 Å². The summed E-state index contributed by atoms with van der Waals surface area (Å²) < 4.78 is 4.63. The second kappa shape index (κ2) is 5.90. The van der Waals surface area contributed by atoms with Crippen molar-refractivity contribution < 1.29 is 14.3 Å². The number of nitrogens with one attached hydrogen (secondary N) is 1. The molecule has 0 fully saturated rings. The van der Waals surface area contributed by atoms with Crippen LogP contribution in [-0.4, -0.2) is 25.5 Å². The van der Waals surface area contributed by atoms with Gasteiger partial charge in [0, 0.05) is 6.54 Å². The molecule has 16 heavy (non-hydrogen) atoms. The third-order valence-electron chi connectivity index (χ3n) is 2.15. The first-order valence-electron chi connectivity index (χ1n) is 5.06. The molecule has 0 saturated carbocycles. The Morgan fingerprint density at radius 3 is 2.81 bits per heavy atom. The molecule has 0 saturated heterocycles. The smallest absolute Gasteiger partial charge is 0.337 e. The van der Waals surface area contributed by atoms with Crippen molar-refractivity contribution in [3.63, 3.8) is 0 Å². The van der Waals surface area contributed by atoms with E-state index in [0.29, 0.717) is 12.1 Å². The summed E-state index contributed by atoms with van der Waals surface area (Å²) in [5.41, 5.74) is 0.449. The van der Waals surface area contributed by atoms with Crippen LogP contribution in [0.5, 0.6) is 0 Å². The summed E-state index contributed by atoms with van der Waals surface area (Å²) in [5, 5.41) is 2.64. The van der Waals surface area contributed by atoms with E-state index in [1.54, 1.807) is 18.2 Å². The minimum absolute atomic E-state index is 0.0944. The minimum Gasteiger partial charge on any atom is -0.465 e. The molecule has 1 rings (SSSR count). The summed E-state index contributed by atoms with van der Waals surface area (Å²) in [4.78, 5) is 22.6. The highest BCUT2D eigenvalue weighted by atomic mass is 16.5. The van der Waals surface area contributed by atoms with Gasteiger partial charge >= 0.3 is 5.97 Å². The quantitative estimate of drug-likeness (QED) is 0.671. The molecule has 0 aliphatic carbocycles. The number of ether oxygens (including phenoxy) is 1. The highest BCUT2D eigenvalue weighted by Gasteiger charge is 2.07. The van der Waals surface area contributed by atoms with Crippen molar-refractivity contribution in [1.82, 2.24) is 5.32 Å². The van der Waals surface area contributed by atoms with E-state index in [9.17, 15) is 9.59 Å². The van der Waals surface area contributed by atoms with Crippen LogP contribution in [0.4, 0.5) is 0 Å². The fraction of sp³-hybridized carbons (Fsp3) is 0.333. The molecule has 0 aromatic carbocycles. The summed E-state index contributed by atoms with van der Waals surface area (Å²) in [5.74, 6) is -0.471. The van der Waals surface area contributed by atoms with E-state index in [2.05, 4.69) is 10.1 Å². The monoisotopic (exact) mass is 221 g/mol. The number of hydrogen-bond donors (Lipinski definition) is 1. The Balaban J connectivity index is 2.89. The van der Waals surface area contributed by atoms with Gasteiger partial charge in [0.15, 0.2) is 0 Å². The van der Waals surface area contributed by atoms with Crippen molar-refractivity contribution in [2.75, 3.05) is 13.7 Å². The van der Waals surface area contributed by atoms with E-state index in [4.69, 9.17) is 0 Å². The summed E-state index contributed by atoms with van der Waals surface area (Å²) in [6.07, 6.45) is 8.44. The summed E-state index contributed by atoms with van der Waals surface area (Å²) >= 11 is 0. The molecule has 0 bridgehead atoms. The number of esters is 1. The summed E-state index contributed by atoms with van der Waals surface area (Å²) in [6, 6.07) is 0. The first kappa shape index (κ1) is 12.2. The fourth-order valence-electron chi connectivity index (χ4n) is 1.22. The number of carbonyl (C=O) groups is 2. The Morgan fingerprint density at radius 1 is 1.44 bits per heavy atom. The Labute approximate surface area is 94.7 Å². The van der Waals surface area contributed by atoms with E-state index in [-0.39, 0.29) is 11.8 Å². The van der Waals surface area contributed by atoms with Gasteiger partial charge < -0.3 is 10.1 Å². The molecule has 1 aliphatic heterocycles. The largest absolute Gasteiger partial charge is 0.465 e. The van der Waals surface area contributed by atoms with Gasteiger partial charge in [0.2, 0.25) is 5.91 Å². The van der Waals surface area contributed by atoms with Crippen LogP contribution in [0.1, 0.15) is 6.92 Å². The Morgan fingerprint density at radius 2 is 2.12 bits per heavy atom. The van der Waals surface area contributed by atoms with Crippen LogP contribution < -0.4 is 5.32 Å². The van der Waals surface area contributed by atoms with E-state index >= 15 is 0 Å². The number of allylic oxidation sites excluding steroid dienone is 2. The number of amides is 1. The van der Waals surface area contributed by atoms with Gasteiger partial charge in [0.25, 0.3) is 0 Å². The molecular formula is C12H15NO3. The van der Waals surface area contributed by atoms with Gasteiger partial charge in [-0.2, -0.15) is 0 Å². The van der Waals surface area contributed by atoms with Gasteiger partial charge in [-0.1, -0.05) is 31.2 Å². The molecule has 1 unspecified atom stereocenters. The fourth-order valence-corrected chi connectivity index (χ4v) is 1.22. The molecular weight excluding hydrogens is 206 g/mol. The molecule has 0 radical (unpaired) electrons. The van der Waals surface area contributed by atoms with Crippen LogP contribution in [0.25, 0.3) is 0 Å². The van der Waals surface area contributed by atoms with Crippen molar-refractivity contribution in [2.45, 2.75) is 6.92 Å². The van der Waals surface area contributed by atoms with Gasteiger partial charge in [-0.25, -0.2) is 4.79 Å². The topological polar surface area (TPSA) is 55.4 Å². The van der Waals surface area contributed by atoms with Crippen molar-refractivity contribution in [3.05, 3.63) is 36.0 Å². The van der Waals surface area contributed by atoms with Crippen molar-refractivity contribution in [3.8, 4) is 0 Å². The standard InChI is InChI=1S/C12H15NO3/c1-9-3-5-10(12(15)16-2)7-8-13-11(14)6-4-9/h3-7,9H,8H2,1-2H3,(H,13,14)/b5-3-,6-4-,10-7+. The van der Waals surface area contributed by atoms with Gasteiger partial charge in [-0.3, -0.25) is 4.79 Å². The van der Waals surface area contributed by atoms with Crippen molar-refractivity contribution >= 4 is 11.9 Å². The molecule has 1 amide bonds. The van der Waals surface area contributed by atoms with Crippen molar-refractivity contribution in [1.29, 1.82) is 0 Å². The molecule has 1 heterocycles. The van der Waals surface area contributed by atoms with E-state index < -0.39 is 5.97 Å². The number of carbonyl (C=O) groups excluding carboxylic acids is 2. The minimum atomic E-state index is -0.401. The number of methoxy groups -OCH3 is 1. The maximum Gasteiger partial charge on any atom is 0.337 e. The zero-order valence-corrected chi connectivity index (χ0v) is 9.40. The first-order valence-corrected chi connectivity index (χ1v) is 5.06. The normalized spacial score (nSPS) is 28.2. The van der Waals surface area contributed by atoms with Crippen molar-refractivity contribution in [2.24, 2.45) is 5.92 Å². The van der Waals surface area contributed by atoms with Crippen LogP contribution in [0.15, 0.2) is 36.0 Å². The van der Waals surface area contributed by atoms with Crippen LogP contribution in [0.2, 0.25) is 0 Å². The third kappa shape index (κ3) is 3.73. The molecule has 4 nitrogen and oxygen atoms in total. The lowest BCUT2D eigenvalue weighted by molar-refractivity contribution is -0.135. The van der Waals surface area contributed by atoms with Gasteiger partial charge in [0.05, 0.1) is 12.7 Å². The predicted molar refractivity (Wildman–Crippen MR) is 60.6 cm³/mol. The molecule has 1 atom stereocenters. The number of rotatable bonds is 1. The molecule has 0 aromatic rings. The first-order chi connectivity index (χ1) is 7.63. The van der Waals surface area contributed by atoms with Crippen LogP contribution in [0.3, 0.4) is 0 Å². The van der Waals surface area contributed by atoms with Gasteiger partial charge in [-0.15, -0.1) is 0 Å². The van der Waals surface area contributed by atoms with E-state index in [0.717, 1.165) is 0 Å². The Hall–Kier alpha value is -1.84. The lowest BCUT2D eigenvalue weighted by atomic mass is 10.1.